The van der Waals surface area contributed by atoms with E-state index in [9.17, 15) is 24.3 Å². The molecule has 14 nitrogen and oxygen atoms in total. The summed E-state index contributed by atoms with van der Waals surface area (Å²) in [6.07, 6.45) is 6.60. The summed E-state index contributed by atoms with van der Waals surface area (Å²) in [4.78, 5) is 58.3. The van der Waals surface area contributed by atoms with Crippen molar-refractivity contribution in [2.24, 2.45) is 5.16 Å². The first-order chi connectivity index (χ1) is 18.2. The largest absolute Gasteiger partial charge is 0.543 e. The number of aliphatic carboxylic acids is 2. The van der Waals surface area contributed by atoms with Gasteiger partial charge in [-0.1, -0.05) is 11.2 Å². The van der Waals surface area contributed by atoms with Crippen molar-refractivity contribution in [1.29, 1.82) is 0 Å². The molecule has 0 aliphatic carbocycles. The Hall–Kier alpha value is -4.31. The number of pyridine rings is 1. The van der Waals surface area contributed by atoms with Crippen molar-refractivity contribution in [1.82, 2.24) is 19.6 Å². The first-order valence-electron chi connectivity index (χ1n) is 11.0. The van der Waals surface area contributed by atoms with Gasteiger partial charge in [-0.2, -0.15) is 9.36 Å². The lowest BCUT2D eigenvalue weighted by Crippen LogP contribution is -2.71. The van der Waals surface area contributed by atoms with Gasteiger partial charge in [0.15, 0.2) is 24.1 Å². The van der Waals surface area contributed by atoms with E-state index >= 15 is 0 Å². The SMILES string of the molecule is CON=C(C(=O)NC1C(=O)N2C(C(=O)[O-])=C(C=CC[n+]3cccc(CC(=O)O)c3)CS[C@H]12)c1nsc(N)n1. The standard InChI is InChI=1S/C22H21N7O7S2/c1-36-26-14(17-25-22(23)38-27-17)18(32)24-15-19(33)29-16(21(34)35)12(10-37-20(15)29)5-3-7-28-6-2-4-11(9-28)8-13(30)31/h2-6,9,15,20H,7-8,10H2,1H3,(H4-,23,24,25,27,30,31,32,34,35)/t15?,20-/m1/s1. The highest BCUT2D eigenvalue weighted by atomic mass is 32.2. The molecule has 2 atom stereocenters. The molecular formula is C22H21N7O7S2. The molecule has 0 bridgehead atoms. The molecule has 2 aromatic heterocycles. The number of allylic oxidation sites excluding steroid dienone is 2. The zero-order chi connectivity index (χ0) is 27.4. The van der Waals surface area contributed by atoms with Gasteiger partial charge in [0.05, 0.1) is 18.1 Å². The van der Waals surface area contributed by atoms with Crippen molar-refractivity contribution < 1.29 is 38.8 Å². The maximum absolute atomic E-state index is 12.9. The molecule has 2 aliphatic rings. The summed E-state index contributed by atoms with van der Waals surface area (Å²) in [5.74, 6) is -3.70. The van der Waals surface area contributed by atoms with E-state index in [2.05, 4.69) is 19.8 Å². The quantitative estimate of drug-likeness (QED) is 0.126. The van der Waals surface area contributed by atoms with E-state index in [1.807, 2.05) is 0 Å². The summed E-state index contributed by atoms with van der Waals surface area (Å²) in [5, 5.41) is 26.5. The summed E-state index contributed by atoms with van der Waals surface area (Å²) in [6, 6.07) is 2.40. The second kappa shape index (κ2) is 11.4. The van der Waals surface area contributed by atoms with Crippen molar-refractivity contribution in [3.8, 4) is 0 Å². The highest BCUT2D eigenvalue weighted by molar-refractivity contribution is 8.00. The fraction of sp³-hybridized carbons (Fsp3) is 0.273. The van der Waals surface area contributed by atoms with Crippen molar-refractivity contribution in [2.75, 3.05) is 18.6 Å². The van der Waals surface area contributed by atoms with Crippen LogP contribution in [0.2, 0.25) is 0 Å². The molecule has 0 aromatic carbocycles. The van der Waals surface area contributed by atoms with Crippen molar-refractivity contribution in [3.05, 3.63) is 59.3 Å². The van der Waals surface area contributed by atoms with Crippen LogP contribution in [0.25, 0.3) is 0 Å². The van der Waals surface area contributed by atoms with Gasteiger partial charge in [-0.15, -0.1) is 11.8 Å². The number of rotatable bonds is 10. The van der Waals surface area contributed by atoms with Gasteiger partial charge in [0.2, 0.25) is 11.5 Å². The molecule has 1 saturated heterocycles. The van der Waals surface area contributed by atoms with Crippen LogP contribution in [0.5, 0.6) is 0 Å². The minimum Gasteiger partial charge on any atom is -0.543 e. The predicted molar refractivity (Wildman–Crippen MR) is 132 cm³/mol. The lowest BCUT2D eigenvalue weighted by atomic mass is 10.0. The Morgan fingerprint density at radius 2 is 2.24 bits per heavy atom. The van der Waals surface area contributed by atoms with Gasteiger partial charge in [-0.3, -0.25) is 19.3 Å². The number of carboxylic acid groups (broad SMARTS) is 2. The molecular weight excluding hydrogens is 538 g/mol. The fourth-order valence-electron chi connectivity index (χ4n) is 3.86. The third-order valence-corrected chi connectivity index (χ3v) is 7.28. The third-order valence-electron chi connectivity index (χ3n) is 5.44. The monoisotopic (exact) mass is 559 g/mol. The first-order valence-corrected chi connectivity index (χ1v) is 12.8. The number of amides is 2. The Morgan fingerprint density at radius 3 is 2.89 bits per heavy atom. The molecule has 0 spiro atoms. The smallest absolute Gasteiger partial charge is 0.308 e. The summed E-state index contributed by atoms with van der Waals surface area (Å²) >= 11 is 2.13. The number of hydrogen-bond acceptors (Lipinski definition) is 12. The summed E-state index contributed by atoms with van der Waals surface area (Å²) < 4.78 is 5.67. The average molecular weight is 560 g/mol. The van der Waals surface area contributed by atoms with E-state index < -0.39 is 35.2 Å². The van der Waals surface area contributed by atoms with E-state index in [0.717, 1.165) is 16.4 Å². The van der Waals surface area contributed by atoms with Gasteiger partial charge in [-0.25, -0.2) is 4.57 Å². The molecule has 0 saturated carbocycles. The molecule has 38 heavy (non-hydrogen) atoms. The zero-order valence-electron chi connectivity index (χ0n) is 19.8. The normalized spacial score (nSPS) is 19.2. The lowest BCUT2D eigenvalue weighted by molar-refractivity contribution is -0.687. The number of carbonyl (C=O) groups is 4. The molecule has 4 N–H and O–H groups in total. The Bertz CT molecular complexity index is 1390. The van der Waals surface area contributed by atoms with Crippen LogP contribution < -0.4 is 20.7 Å². The number of nitrogens with one attached hydrogen (secondary N) is 1. The number of carbonyl (C=O) groups excluding carboxylic acids is 3. The van der Waals surface area contributed by atoms with Crippen LogP contribution in [0.15, 0.2) is 53.1 Å². The molecule has 2 aliphatic heterocycles. The van der Waals surface area contributed by atoms with Gasteiger partial charge < -0.3 is 30.9 Å². The minimum absolute atomic E-state index is 0.0686. The number of hydrogen-bond donors (Lipinski definition) is 3. The van der Waals surface area contributed by atoms with Crippen LogP contribution in [0.1, 0.15) is 11.4 Å². The summed E-state index contributed by atoms with van der Waals surface area (Å²) in [7, 11) is 1.23. The van der Waals surface area contributed by atoms with Gasteiger partial charge in [0.1, 0.15) is 18.5 Å². The highest BCUT2D eigenvalue weighted by Gasteiger charge is 2.53. The zero-order valence-corrected chi connectivity index (χ0v) is 21.4. The van der Waals surface area contributed by atoms with E-state index in [4.69, 9.17) is 15.7 Å². The number of anilines is 1. The first kappa shape index (κ1) is 26.7. The van der Waals surface area contributed by atoms with Crippen LogP contribution in [0.3, 0.4) is 0 Å². The van der Waals surface area contributed by atoms with E-state index in [1.54, 1.807) is 41.2 Å². The van der Waals surface area contributed by atoms with Gasteiger partial charge >= 0.3 is 5.97 Å². The van der Waals surface area contributed by atoms with Crippen LogP contribution in [-0.2, 0) is 37.0 Å². The van der Waals surface area contributed by atoms with Crippen LogP contribution >= 0.6 is 23.3 Å². The Labute approximate surface area is 223 Å². The lowest BCUT2D eigenvalue weighted by Gasteiger charge is -2.50. The number of oxime groups is 1. The van der Waals surface area contributed by atoms with Crippen molar-refractivity contribution in [2.45, 2.75) is 24.4 Å². The second-order valence-electron chi connectivity index (χ2n) is 7.98. The highest BCUT2D eigenvalue weighted by Crippen LogP contribution is 2.40. The van der Waals surface area contributed by atoms with Crippen LogP contribution in [0.4, 0.5) is 5.13 Å². The number of nitrogen functional groups attached to an aromatic ring is 1. The van der Waals surface area contributed by atoms with E-state index in [1.165, 1.54) is 18.9 Å². The van der Waals surface area contributed by atoms with Crippen LogP contribution in [0, 0.1) is 0 Å². The van der Waals surface area contributed by atoms with E-state index in [0.29, 0.717) is 17.7 Å². The van der Waals surface area contributed by atoms with Gasteiger partial charge in [-0.05, 0) is 17.7 Å². The van der Waals surface area contributed by atoms with Gasteiger partial charge in [0, 0.05) is 28.9 Å². The third kappa shape index (κ3) is 5.65. The second-order valence-corrected chi connectivity index (χ2v) is 9.87. The molecule has 4 heterocycles. The van der Waals surface area contributed by atoms with E-state index in [-0.39, 0.29) is 34.5 Å². The molecule has 1 fully saturated rings. The number of β-lactam (4-membered cyclic amide) rings is 1. The van der Waals surface area contributed by atoms with Gasteiger partial charge in [0.25, 0.3) is 11.8 Å². The Kier molecular flexibility index (Phi) is 8.02. The minimum atomic E-state index is -1.52. The Morgan fingerprint density at radius 1 is 1.45 bits per heavy atom. The van der Waals surface area contributed by atoms with Crippen molar-refractivity contribution in [3.63, 3.8) is 0 Å². The maximum Gasteiger partial charge on any atom is 0.308 e. The van der Waals surface area contributed by atoms with Crippen LogP contribution in [-0.4, -0.2) is 73.1 Å². The molecule has 16 heteroatoms. The molecule has 2 amide bonds. The molecule has 4 rings (SSSR count). The number of nitrogens with zero attached hydrogens (tertiary/aromatic N) is 5. The number of aromatic nitrogens is 3. The Balaban J connectivity index is 1.47. The topological polar surface area (TPSA) is 204 Å². The average Bonchev–Trinajstić information content (AvgIpc) is 3.30. The molecule has 2 aromatic rings. The fourth-order valence-corrected chi connectivity index (χ4v) is 5.61. The summed E-state index contributed by atoms with van der Waals surface area (Å²) in [5.41, 5.74) is 6.00. The number of carboxylic acids is 2. The number of thioether (sulfide) groups is 1. The molecule has 0 radical (unpaired) electrons. The maximum atomic E-state index is 12.9. The molecule has 1 unspecified atom stereocenters. The number of fused-ring (bicyclic) bond motifs is 1. The van der Waals surface area contributed by atoms with Crippen molar-refractivity contribution >= 4 is 57.9 Å². The molecule has 198 valence electrons. The summed E-state index contributed by atoms with van der Waals surface area (Å²) in [6.45, 7) is 0.342. The number of nitrogens with two attached hydrogens (primary N) is 1. The predicted octanol–water partition coefficient (Wildman–Crippen LogP) is -1.95.